The van der Waals surface area contributed by atoms with Crippen LogP contribution in [0.4, 0.5) is 11.4 Å². The van der Waals surface area contributed by atoms with Crippen LogP contribution in [0.5, 0.6) is 11.5 Å². The maximum atomic E-state index is 5.87. The fourth-order valence-electron chi connectivity index (χ4n) is 3.79. The van der Waals surface area contributed by atoms with E-state index in [4.69, 9.17) is 26.5 Å². The number of rotatable bonds is 8. The molecule has 0 spiro atoms. The van der Waals surface area contributed by atoms with Crippen molar-refractivity contribution in [2.45, 2.75) is 27.7 Å². The van der Waals surface area contributed by atoms with Crippen molar-refractivity contribution in [1.82, 2.24) is 8.75 Å². The predicted octanol–water partition coefficient (Wildman–Crippen LogP) is 7.28. The Bertz CT molecular complexity index is 1330. The summed E-state index contributed by atoms with van der Waals surface area (Å²) in [5.74, 6) is 2.70. The van der Waals surface area contributed by atoms with Gasteiger partial charge in [0.1, 0.15) is 0 Å². The quantitative estimate of drug-likeness (QED) is 0.221. The molecule has 0 atom stereocenters. The van der Waals surface area contributed by atoms with Crippen molar-refractivity contribution in [2.24, 2.45) is 15.8 Å². The zero-order valence-corrected chi connectivity index (χ0v) is 22.3. The van der Waals surface area contributed by atoms with Crippen LogP contribution < -0.4 is 9.47 Å². The van der Waals surface area contributed by atoms with Crippen LogP contribution in [0.15, 0.2) is 52.5 Å². The Kier molecular flexibility index (Phi) is 6.63. The molecule has 0 aliphatic carbocycles. The first-order chi connectivity index (χ1) is 16.5. The molecule has 176 valence electrons. The molecule has 4 aromatic rings. The van der Waals surface area contributed by atoms with Gasteiger partial charge in [-0.15, -0.1) is 0 Å². The number of aromatic nitrogens is 2. The summed E-state index contributed by atoms with van der Waals surface area (Å²) in [5.41, 5.74) is 7.71. The third kappa shape index (κ3) is 4.58. The van der Waals surface area contributed by atoms with Crippen LogP contribution in [0.2, 0.25) is 0 Å². The summed E-state index contributed by atoms with van der Waals surface area (Å²) in [5, 5.41) is 0. The first-order valence-electron chi connectivity index (χ1n) is 11.4. The minimum absolute atomic E-state index is 0.482. The first-order valence-corrected chi connectivity index (χ1v) is 13.8. The van der Waals surface area contributed by atoms with Gasteiger partial charge in [0, 0.05) is 0 Å². The summed E-state index contributed by atoms with van der Waals surface area (Å²) in [6.45, 7) is 9.97. The normalized spacial score (nSPS) is 12.6. The third-order valence-electron chi connectivity index (χ3n) is 5.40. The second kappa shape index (κ2) is 9.82. The molecule has 3 aromatic carbocycles. The van der Waals surface area contributed by atoms with Crippen molar-refractivity contribution in [2.75, 3.05) is 13.2 Å². The Morgan fingerprint density at radius 2 is 1.26 bits per heavy atom. The van der Waals surface area contributed by atoms with Gasteiger partial charge in [-0.3, -0.25) is 0 Å². The molecule has 0 radical (unpaired) electrons. The molecule has 1 aromatic heterocycles. The molecule has 8 heteroatoms. The van der Waals surface area contributed by atoms with Crippen LogP contribution >= 0.6 is 11.7 Å². The summed E-state index contributed by atoms with van der Waals surface area (Å²) < 4.78 is 30.8. The summed E-state index contributed by atoms with van der Waals surface area (Å²) >= 11 is 0.741. The van der Waals surface area contributed by atoms with Crippen molar-refractivity contribution >= 4 is 49.1 Å². The van der Waals surface area contributed by atoms with E-state index in [1.54, 1.807) is 0 Å². The summed E-state index contributed by atoms with van der Waals surface area (Å²) in [6.07, 6.45) is 0. The first kappa shape index (κ1) is 23.0. The summed E-state index contributed by atoms with van der Waals surface area (Å²) in [4.78, 5) is 0. The molecule has 0 N–H and O–H groups in total. The molecule has 0 saturated heterocycles. The fourth-order valence-corrected chi connectivity index (χ4v) is 5.64. The Labute approximate surface area is 210 Å². The van der Waals surface area contributed by atoms with Crippen LogP contribution in [0.1, 0.15) is 27.7 Å². The fraction of sp³-hybridized carbons (Fsp3) is 0.308. The van der Waals surface area contributed by atoms with Crippen molar-refractivity contribution in [3.05, 3.63) is 52.9 Å². The molecule has 2 heterocycles. The molecule has 34 heavy (non-hydrogen) atoms. The van der Waals surface area contributed by atoms with Gasteiger partial charge < -0.3 is 0 Å². The molecule has 1 aliphatic heterocycles. The van der Waals surface area contributed by atoms with Crippen molar-refractivity contribution in [1.29, 1.82) is 0 Å². The van der Waals surface area contributed by atoms with Crippen LogP contribution in [-0.2, 0) is 0 Å². The topological polar surface area (TPSA) is 70.7 Å². The Morgan fingerprint density at radius 1 is 0.765 bits per heavy atom. The van der Waals surface area contributed by atoms with E-state index < -0.39 is 15.0 Å². The standard InChI is InChI=1S/C26H27N4O2SSe/c1-15(2)13-31-19-9-5-17(6-10-19)21-23-24(28-33-27-23)22(26-25(21)29-34-30-26)18-7-11-20(12-8-18)32-14-16(3)4/h5-12,15-16,34H,13-14H2,1-4H3/q-1. The van der Waals surface area contributed by atoms with E-state index in [0.717, 1.165) is 56.2 Å². The number of benzene rings is 3. The van der Waals surface area contributed by atoms with Gasteiger partial charge in [-0.25, -0.2) is 0 Å². The number of ether oxygens (including phenoxy) is 2. The average molecular weight is 539 g/mol. The number of nitrogens with zero attached hydrogens (tertiary/aromatic N) is 4. The molecule has 6 nitrogen and oxygen atoms in total. The molecule has 1 aliphatic rings. The van der Waals surface area contributed by atoms with Gasteiger partial charge in [-0.2, -0.15) is 0 Å². The van der Waals surface area contributed by atoms with E-state index in [2.05, 4.69) is 52.0 Å². The molecule has 0 amide bonds. The van der Waals surface area contributed by atoms with Gasteiger partial charge >= 0.3 is 211 Å². The second-order valence-corrected chi connectivity index (χ2v) is 10.9. The van der Waals surface area contributed by atoms with E-state index in [-0.39, 0.29) is 0 Å². The zero-order valence-electron chi connectivity index (χ0n) is 19.6. The van der Waals surface area contributed by atoms with E-state index in [9.17, 15) is 0 Å². The van der Waals surface area contributed by atoms with Gasteiger partial charge in [0.2, 0.25) is 0 Å². The predicted molar refractivity (Wildman–Crippen MR) is 141 cm³/mol. The molecular weight excluding hydrogens is 511 g/mol. The van der Waals surface area contributed by atoms with E-state index in [1.165, 1.54) is 11.7 Å². The van der Waals surface area contributed by atoms with Crippen LogP contribution in [0, 0.1) is 11.8 Å². The molecule has 0 saturated carbocycles. The van der Waals surface area contributed by atoms with Crippen molar-refractivity contribution in [3.8, 4) is 33.8 Å². The monoisotopic (exact) mass is 539 g/mol. The second-order valence-electron chi connectivity index (χ2n) is 9.16. The summed E-state index contributed by atoms with van der Waals surface area (Å²) in [7, 11) is 0. The number of hydrogen-bond donors (Lipinski definition) is 0. The van der Waals surface area contributed by atoms with Crippen LogP contribution in [-0.4, -0.2) is 36.9 Å². The zero-order chi connectivity index (χ0) is 23.7. The van der Waals surface area contributed by atoms with E-state index >= 15 is 0 Å². The van der Waals surface area contributed by atoms with Gasteiger partial charge in [0.15, 0.2) is 0 Å². The number of hydrogen-bond acceptors (Lipinski definition) is 6. The SMILES string of the molecule is CC(C)COc1ccc(-c2c3c(c(-c4ccc(OCC(C)C)cc4)c4nsnc24)[N-][SeH]=N3)cc1. The Morgan fingerprint density at radius 3 is 1.79 bits per heavy atom. The third-order valence-corrected chi connectivity index (χ3v) is 7.15. The van der Waals surface area contributed by atoms with Crippen molar-refractivity contribution < 1.29 is 9.47 Å². The van der Waals surface area contributed by atoms with E-state index in [1.807, 2.05) is 24.3 Å². The van der Waals surface area contributed by atoms with Gasteiger partial charge in [-0.05, 0) is 0 Å². The van der Waals surface area contributed by atoms with Gasteiger partial charge in [-0.1, -0.05) is 0 Å². The summed E-state index contributed by atoms with van der Waals surface area (Å²) in [6, 6.07) is 16.4. The molecule has 0 fully saturated rings. The molecule has 5 rings (SSSR count). The van der Waals surface area contributed by atoms with Gasteiger partial charge in [0.05, 0.1) is 0 Å². The van der Waals surface area contributed by atoms with Crippen LogP contribution in [0.3, 0.4) is 0 Å². The minimum atomic E-state index is -0.485. The molecular formula is C26H27N4O2SSe-. The van der Waals surface area contributed by atoms with Crippen molar-refractivity contribution in [3.63, 3.8) is 0 Å². The van der Waals surface area contributed by atoms with E-state index in [0.29, 0.717) is 25.0 Å². The maximum absolute atomic E-state index is 5.87. The molecule has 0 bridgehead atoms. The Hall–Kier alpha value is -2.80. The van der Waals surface area contributed by atoms with Gasteiger partial charge in [0.25, 0.3) is 0 Å². The number of fused-ring (bicyclic) bond motifs is 2. The Balaban J connectivity index is 1.55. The van der Waals surface area contributed by atoms with Crippen LogP contribution in [0.25, 0.3) is 37.6 Å². The average Bonchev–Trinajstić information content (AvgIpc) is 3.51. The molecule has 0 unspecified atom stereocenters.